The third-order valence-corrected chi connectivity index (χ3v) is 4.01. The summed E-state index contributed by atoms with van der Waals surface area (Å²) in [5.74, 6) is 0.344. The number of aliphatic carboxylic acids is 1. The number of carbonyl (C=O) groups is 1. The Morgan fingerprint density at radius 1 is 1.43 bits per heavy atom. The van der Waals surface area contributed by atoms with Crippen LogP contribution in [0, 0.1) is 6.92 Å². The summed E-state index contributed by atoms with van der Waals surface area (Å²) in [6.07, 6.45) is 0.583. The number of aromatic nitrogens is 2. The minimum atomic E-state index is -0.851. The van der Waals surface area contributed by atoms with Crippen molar-refractivity contribution < 1.29 is 14.4 Å². The minimum absolute atomic E-state index is 0.452. The molecule has 110 valence electrons. The van der Waals surface area contributed by atoms with Crippen LogP contribution in [-0.2, 0) is 16.8 Å². The Balaban J connectivity index is 1.80. The number of carboxylic acid groups (broad SMARTS) is 1. The zero-order chi connectivity index (χ0) is 14.9. The van der Waals surface area contributed by atoms with Crippen LogP contribution in [0.2, 0.25) is 0 Å². The summed E-state index contributed by atoms with van der Waals surface area (Å²) >= 11 is 0. The molecule has 3 rings (SSSR count). The molecule has 0 spiro atoms. The number of aryl methyl sites for hydroxylation is 1. The molecule has 1 fully saturated rings. The molecule has 6 nitrogen and oxygen atoms in total. The van der Waals surface area contributed by atoms with Gasteiger partial charge in [0.25, 0.3) is 0 Å². The summed E-state index contributed by atoms with van der Waals surface area (Å²) < 4.78 is 5.11. The van der Waals surface area contributed by atoms with Crippen LogP contribution in [0.1, 0.15) is 23.7 Å². The lowest BCUT2D eigenvalue weighted by Crippen LogP contribution is -2.38. The molecule has 1 aromatic carbocycles. The average Bonchev–Trinajstić information content (AvgIpc) is 3.08. The zero-order valence-electron chi connectivity index (χ0n) is 11.8. The molecular weight excluding hydrogens is 270 g/mol. The second-order valence-corrected chi connectivity index (χ2v) is 5.45. The number of hydrogen-bond acceptors (Lipinski definition) is 5. The molecule has 6 heteroatoms. The van der Waals surface area contributed by atoms with Gasteiger partial charge in [0.15, 0.2) is 5.82 Å². The number of likely N-dealkylation sites (tertiary alicyclic amines) is 1. The van der Waals surface area contributed by atoms with Gasteiger partial charge in [0, 0.05) is 13.1 Å². The smallest absolute Gasteiger partial charge is 0.315 e. The van der Waals surface area contributed by atoms with Gasteiger partial charge >= 0.3 is 5.97 Å². The molecule has 0 saturated carbocycles. The number of carboxylic acids is 1. The predicted octanol–water partition coefficient (Wildman–Crippen LogP) is 1.61. The van der Waals surface area contributed by atoms with Crippen LogP contribution in [0.25, 0.3) is 0 Å². The summed E-state index contributed by atoms with van der Waals surface area (Å²) in [5.41, 5.74) is -0.00206. The van der Waals surface area contributed by atoms with E-state index in [2.05, 4.69) is 10.1 Å². The summed E-state index contributed by atoms with van der Waals surface area (Å²) in [5, 5.41) is 13.5. The average molecular weight is 287 g/mol. The second-order valence-electron chi connectivity index (χ2n) is 5.45. The molecule has 1 saturated heterocycles. The third-order valence-electron chi connectivity index (χ3n) is 4.01. The number of hydrogen-bond donors (Lipinski definition) is 1. The van der Waals surface area contributed by atoms with Crippen LogP contribution in [0.3, 0.4) is 0 Å². The van der Waals surface area contributed by atoms with Crippen LogP contribution in [0.5, 0.6) is 0 Å². The summed E-state index contributed by atoms with van der Waals surface area (Å²) in [6, 6.07) is 9.42. The molecule has 1 aliphatic heterocycles. The highest BCUT2D eigenvalue weighted by molar-refractivity contribution is 5.82. The van der Waals surface area contributed by atoms with Crippen molar-refractivity contribution in [2.24, 2.45) is 0 Å². The largest absolute Gasteiger partial charge is 0.481 e. The van der Waals surface area contributed by atoms with Crippen LogP contribution < -0.4 is 0 Å². The van der Waals surface area contributed by atoms with E-state index < -0.39 is 11.4 Å². The van der Waals surface area contributed by atoms with Gasteiger partial charge in [-0.3, -0.25) is 9.69 Å². The lowest BCUT2D eigenvalue weighted by molar-refractivity contribution is -0.143. The summed E-state index contributed by atoms with van der Waals surface area (Å²) in [7, 11) is 0. The molecule has 0 radical (unpaired) electrons. The SMILES string of the molecule is Cc1noc(CN2CC[C@@](C(=O)O)(c3ccccc3)C2)n1. The van der Waals surface area contributed by atoms with Crippen molar-refractivity contribution in [3.63, 3.8) is 0 Å². The molecule has 1 aromatic heterocycles. The fourth-order valence-corrected chi connectivity index (χ4v) is 2.91. The van der Waals surface area contributed by atoms with Gasteiger partial charge < -0.3 is 9.63 Å². The maximum Gasteiger partial charge on any atom is 0.315 e. The van der Waals surface area contributed by atoms with Crippen molar-refractivity contribution in [2.75, 3.05) is 13.1 Å². The Labute approximate surface area is 122 Å². The van der Waals surface area contributed by atoms with E-state index in [0.717, 1.165) is 5.56 Å². The number of rotatable bonds is 4. The molecular formula is C15H17N3O3. The van der Waals surface area contributed by atoms with Crippen molar-refractivity contribution in [2.45, 2.75) is 25.3 Å². The topological polar surface area (TPSA) is 79.5 Å². The lowest BCUT2D eigenvalue weighted by atomic mass is 9.80. The van der Waals surface area contributed by atoms with E-state index in [9.17, 15) is 9.90 Å². The van der Waals surface area contributed by atoms with E-state index in [1.54, 1.807) is 6.92 Å². The van der Waals surface area contributed by atoms with Gasteiger partial charge in [0.2, 0.25) is 5.89 Å². The zero-order valence-corrected chi connectivity index (χ0v) is 11.8. The van der Waals surface area contributed by atoms with Crippen LogP contribution in [0.15, 0.2) is 34.9 Å². The quantitative estimate of drug-likeness (QED) is 0.920. The maximum atomic E-state index is 11.8. The molecule has 1 atom stereocenters. The first-order valence-corrected chi connectivity index (χ1v) is 6.91. The highest BCUT2D eigenvalue weighted by Gasteiger charge is 2.46. The first-order valence-electron chi connectivity index (χ1n) is 6.91. The molecule has 0 unspecified atom stereocenters. The standard InChI is InChI=1S/C15H17N3O3/c1-11-16-13(21-17-11)9-18-8-7-15(10-18,14(19)20)12-5-3-2-4-6-12/h2-6H,7-10H2,1H3,(H,19,20)/t15-/m0/s1. The van der Waals surface area contributed by atoms with Crippen molar-refractivity contribution in [1.82, 2.24) is 15.0 Å². The molecule has 0 aliphatic carbocycles. The number of benzene rings is 1. The maximum absolute atomic E-state index is 11.8. The van der Waals surface area contributed by atoms with E-state index in [1.165, 1.54) is 0 Å². The van der Waals surface area contributed by atoms with Gasteiger partial charge in [0.1, 0.15) is 5.41 Å². The van der Waals surface area contributed by atoms with Gasteiger partial charge in [-0.15, -0.1) is 0 Å². The Morgan fingerprint density at radius 3 is 2.81 bits per heavy atom. The Hall–Kier alpha value is -2.21. The van der Waals surface area contributed by atoms with Gasteiger partial charge in [-0.25, -0.2) is 0 Å². The van der Waals surface area contributed by atoms with Gasteiger partial charge in [-0.2, -0.15) is 4.98 Å². The highest BCUT2D eigenvalue weighted by Crippen LogP contribution is 2.35. The molecule has 2 aromatic rings. The van der Waals surface area contributed by atoms with Crippen molar-refractivity contribution >= 4 is 5.97 Å². The first kappa shape index (κ1) is 13.8. The van der Waals surface area contributed by atoms with E-state index in [-0.39, 0.29) is 0 Å². The fraction of sp³-hybridized carbons (Fsp3) is 0.400. The molecule has 2 heterocycles. The summed E-state index contributed by atoms with van der Waals surface area (Å²) in [6.45, 7) is 3.40. The first-order chi connectivity index (χ1) is 10.1. The van der Waals surface area contributed by atoms with E-state index >= 15 is 0 Å². The minimum Gasteiger partial charge on any atom is -0.481 e. The van der Waals surface area contributed by atoms with Crippen molar-refractivity contribution in [3.05, 3.63) is 47.6 Å². The lowest BCUT2D eigenvalue weighted by Gasteiger charge is -2.25. The van der Waals surface area contributed by atoms with E-state index in [1.807, 2.05) is 35.2 Å². The predicted molar refractivity (Wildman–Crippen MR) is 74.7 cm³/mol. The van der Waals surface area contributed by atoms with Gasteiger partial charge in [-0.1, -0.05) is 35.5 Å². The van der Waals surface area contributed by atoms with Gasteiger partial charge in [-0.05, 0) is 18.9 Å². The van der Waals surface area contributed by atoms with Crippen LogP contribution in [-0.4, -0.2) is 39.2 Å². The fourth-order valence-electron chi connectivity index (χ4n) is 2.91. The molecule has 1 aliphatic rings. The van der Waals surface area contributed by atoms with Crippen LogP contribution in [0.4, 0.5) is 0 Å². The van der Waals surface area contributed by atoms with Crippen molar-refractivity contribution in [1.29, 1.82) is 0 Å². The number of nitrogens with zero attached hydrogens (tertiary/aromatic N) is 3. The molecule has 0 bridgehead atoms. The Bertz CT molecular complexity index is 641. The van der Waals surface area contributed by atoms with Crippen molar-refractivity contribution in [3.8, 4) is 0 Å². The highest BCUT2D eigenvalue weighted by atomic mass is 16.5. The second kappa shape index (κ2) is 5.29. The van der Waals surface area contributed by atoms with Crippen LogP contribution >= 0.6 is 0 Å². The monoisotopic (exact) mass is 287 g/mol. The van der Waals surface area contributed by atoms with E-state index in [0.29, 0.717) is 37.8 Å². The molecule has 0 amide bonds. The Kier molecular flexibility index (Phi) is 3.47. The van der Waals surface area contributed by atoms with E-state index in [4.69, 9.17) is 4.52 Å². The molecule has 21 heavy (non-hydrogen) atoms. The summed E-state index contributed by atoms with van der Waals surface area (Å²) in [4.78, 5) is 18.1. The van der Waals surface area contributed by atoms with Gasteiger partial charge in [0.05, 0.1) is 6.54 Å². The third kappa shape index (κ3) is 2.54. The molecule has 1 N–H and O–H groups in total. The normalized spacial score (nSPS) is 22.5. The Morgan fingerprint density at radius 2 is 2.19 bits per heavy atom.